The number of benzene rings is 1. The number of nitrogens with two attached hydrogens (primary N) is 1. The largest absolute Gasteiger partial charge is 0.478 e. The molecule has 0 bridgehead atoms. The smallest absolute Gasteiger partial charge is 0.337 e. The zero-order valence-electron chi connectivity index (χ0n) is 11.1. The van der Waals surface area contributed by atoms with Gasteiger partial charge >= 0.3 is 5.97 Å². The van der Waals surface area contributed by atoms with Crippen LogP contribution in [0.1, 0.15) is 36.0 Å². The van der Waals surface area contributed by atoms with Gasteiger partial charge in [-0.05, 0) is 43.7 Å². The van der Waals surface area contributed by atoms with E-state index in [-0.39, 0.29) is 5.56 Å². The minimum absolute atomic E-state index is 0.256. The lowest BCUT2D eigenvalue weighted by molar-refractivity contribution is 0.0698. The minimum atomic E-state index is -0.938. The van der Waals surface area contributed by atoms with E-state index in [2.05, 4.69) is 11.6 Å². The predicted octanol–water partition coefficient (Wildman–Crippen LogP) is 3.05. The lowest BCUT2D eigenvalue weighted by atomic mass is 9.94. The van der Waals surface area contributed by atoms with Crippen molar-refractivity contribution < 1.29 is 9.90 Å². The van der Waals surface area contributed by atoms with Crippen LogP contribution in [0.2, 0.25) is 0 Å². The number of carbonyl (C=O) groups is 1. The van der Waals surface area contributed by atoms with E-state index in [0.717, 1.165) is 12.8 Å². The quantitative estimate of drug-likeness (QED) is 0.739. The van der Waals surface area contributed by atoms with E-state index in [1.807, 2.05) is 11.8 Å². The molecule has 1 aliphatic carbocycles. The molecule has 1 aromatic rings. The van der Waals surface area contributed by atoms with Crippen molar-refractivity contribution >= 4 is 29.1 Å². The Morgan fingerprint density at radius 3 is 2.95 bits per heavy atom. The van der Waals surface area contributed by atoms with Crippen LogP contribution in [0.4, 0.5) is 11.4 Å². The number of rotatable bonds is 4. The first-order valence-electron chi connectivity index (χ1n) is 6.52. The fourth-order valence-electron chi connectivity index (χ4n) is 2.57. The third-order valence-electron chi connectivity index (χ3n) is 3.59. The number of nitrogens with one attached hydrogen (secondary N) is 1. The third kappa shape index (κ3) is 3.56. The maximum atomic E-state index is 11.2. The Bertz CT molecular complexity index is 465. The molecular weight excluding hydrogens is 260 g/mol. The lowest BCUT2D eigenvalue weighted by Gasteiger charge is -2.29. The van der Waals surface area contributed by atoms with Crippen molar-refractivity contribution in [1.29, 1.82) is 0 Å². The van der Waals surface area contributed by atoms with Crippen molar-refractivity contribution in [2.24, 2.45) is 0 Å². The van der Waals surface area contributed by atoms with E-state index in [1.165, 1.54) is 18.9 Å². The van der Waals surface area contributed by atoms with Crippen LogP contribution < -0.4 is 11.1 Å². The average molecular weight is 280 g/mol. The van der Waals surface area contributed by atoms with Crippen molar-refractivity contribution in [3.8, 4) is 0 Å². The molecule has 19 heavy (non-hydrogen) atoms. The van der Waals surface area contributed by atoms with Crippen LogP contribution >= 0.6 is 11.8 Å². The summed E-state index contributed by atoms with van der Waals surface area (Å²) in [5.41, 5.74) is 7.06. The van der Waals surface area contributed by atoms with E-state index < -0.39 is 5.97 Å². The second-order valence-corrected chi connectivity index (χ2v) is 6.11. The first-order chi connectivity index (χ1) is 9.10. The summed E-state index contributed by atoms with van der Waals surface area (Å²) < 4.78 is 0. The number of carboxylic acid groups (broad SMARTS) is 1. The van der Waals surface area contributed by atoms with Crippen molar-refractivity contribution in [2.45, 2.75) is 37.0 Å². The molecule has 0 heterocycles. The standard InChI is InChI=1S/C14H20N2O2S/c1-19-11-4-2-3-10(8-11)16-13-6-5-9(15)7-12(13)14(17)18/h5-7,10-11,16H,2-4,8,15H2,1H3,(H,17,18). The van der Waals surface area contributed by atoms with Gasteiger partial charge in [-0.2, -0.15) is 11.8 Å². The van der Waals surface area contributed by atoms with Gasteiger partial charge in [0.05, 0.1) is 5.56 Å². The van der Waals surface area contributed by atoms with Gasteiger partial charge in [0, 0.05) is 22.7 Å². The molecule has 2 unspecified atom stereocenters. The fourth-order valence-corrected chi connectivity index (χ4v) is 3.40. The first kappa shape index (κ1) is 14.1. The van der Waals surface area contributed by atoms with Gasteiger partial charge in [-0.3, -0.25) is 0 Å². The molecule has 1 saturated carbocycles. The first-order valence-corrected chi connectivity index (χ1v) is 7.81. The van der Waals surface area contributed by atoms with Crippen LogP contribution in [-0.2, 0) is 0 Å². The Kier molecular flexibility index (Phi) is 4.58. The van der Waals surface area contributed by atoms with Gasteiger partial charge in [0.25, 0.3) is 0 Å². The third-order valence-corrected chi connectivity index (χ3v) is 4.69. The van der Waals surface area contributed by atoms with Gasteiger partial charge < -0.3 is 16.2 Å². The number of anilines is 2. The van der Waals surface area contributed by atoms with Crippen LogP contribution in [0.15, 0.2) is 18.2 Å². The number of hydrogen-bond acceptors (Lipinski definition) is 4. The summed E-state index contributed by atoms with van der Waals surface area (Å²) in [6.07, 6.45) is 6.78. The maximum absolute atomic E-state index is 11.2. The van der Waals surface area contributed by atoms with Gasteiger partial charge in [-0.1, -0.05) is 6.42 Å². The van der Waals surface area contributed by atoms with Crippen molar-refractivity contribution in [3.63, 3.8) is 0 Å². The lowest BCUT2D eigenvalue weighted by Crippen LogP contribution is -2.29. The Balaban J connectivity index is 2.12. The maximum Gasteiger partial charge on any atom is 0.337 e. The van der Waals surface area contributed by atoms with Crippen molar-refractivity contribution in [2.75, 3.05) is 17.3 Å². The van der Waals surface area contributed by atoms with Crippen LogP contribution in [0.25, 0.3) is 0 Å². The van der Waals surface area contributed by atoms with Gasteiger partial charge in [0.15, 0.2) is 0 Å². The molecule has 5 heteroatoms. The van der Waals surface area contributed by atoms with Gasteiger partial charge in [0.1, 0.15) is 0 Å². The number of thioether (sulfide) groups is 1. The minimum Gasteiger partial charge on any atom is -0.478 e. The molecule has 1 aliphatic rings. The summed E-state index contributed by atoms with van der Waals surface area (Å²) >= 11 is 1.90. The fraction of sp³-hybridized carbons (Fsp3) is 0.500. The van der Waals surface area contributed by atoms with Gasteiger partial charge in [-0.15, -0.1) is 0 Å². The summed E-state index contributed by atoms with van der Waals surface area (Å²) in [5, 5.41) is 13.3. The molecule has 0 spiro atoms. The Morgan fingerprint density at radius 1 is 1.47 bits per heavy atom. The molecule has 104 valence electrons. The molecule has 2 rings (SSSR count). The van der Waals surface area contributed by atoms with Crippen LogP contribution in [0.3, 0.4) is 0 Å². The van der Waals surface area contributed by atoms with Crippen molar-refractivity contribution in [3.05, 3.63) is 23.8 Å². The molecule has 0 aliphatic heterocycles. The zero-order chi connectivity index (χ0) is 13.8. The Hall–Kier alpha value is -1.36. The second-order valence-electron chi connectivity index (χ2n) is 4.98. The zero-order valence-corrected chi connectivity index (χ0v) is 11.9. The highest BCUT2D eigenvalue weighted by molar-refractivity contribution is 7.99. The molecule has 0 amide bonds. The summed E-state index contributed by atoms with van der Waals surface area (Å²) in [6, 6.07) is 5.37. The highest BCUT2D eigenvalue weighted by Gasteiger charge is 2.22. The number of hydrogen-bond donors (Lipinski definition) is 3. The van der Waals surface area contributed by atoms with Crippen LogP contribution in [0, 0.1) is 0 Å². The van der Waals surface area contributed by atoms with E-state index in [1.54, 1.807) is 12.1 Å². The topological polar surface area (TPSA) is 75.3 Å². The average Bonchev–Trinajstić information content (AvgIpc) is 2.41. The molecule has 4 nitrogen and oxygen atoms in total. The molecular formula is C14H20N2O2S. The highest BCUT2D eigenvalue weighted by Crippen LogP contribution is 2.30. The van der Waals surface area contributed by atoms with E-state index >= 15 is 0 Å². The summed E-state index contributed by atoms with van der Waals surface area (Å²) in [4.78, 5) is 11.2. The normalized spacial score (nSPS) is 23.0. The van der Waals surface area contributed by atoms with Crippen LogP contribution in [0.5, 0.6) is 0 Å². The number of aromatic carboxylic acids is 1. The van der Waals surface area contributed by atoms with E-state index in [9.17, 15) is 9.90 Å². The molecule has 2 atom stereocenters. The molecule has 0 aromatic heterocycles. The number of nitrogen functional groups attached to an aromatic ring is 1. The van der Waals surface area contributed by atoms with Crippen LogP contribution in [-0.4, -0.2) is 28.6 Å². The van der Waals surface area contributed by atoms with Gasteiger partial charge in [0.2, 0.25) is 0 Å². The molecule has 1 fully saturated rings. The monoisotopic (exact) mass is 280 g/mol. The molecule has 1 aromatic carbocycles. The highest BCUT2D eigenvalue weighted by atomic mass is 32.2. The summed E-state index contributed by atoms with van der Waals surface area (Å²) in [5.74, 6) is -0.938. The molecule has 0 saturated heterocycles. The number of carboxylic acids is 1. The van der Waals surface area contributed by atoms with Crippen molar-refractivity contribution in [1.82, 2.24) is 0 Å². The summed E-state index contributed by atoms with van der Waals surface area (Å²) in [6.45, 7) is 0. The predicted molar refractivity (Wildman–Crippen MR) is 81.0 cm³/mol. The molecule has 4 N–H and O–H groups in total. The Morgan fingerprint density at radius 2 is 2.26 bits per heavy atom. The molecule has 0 radical (unpaired) electrons. The summed E-state index contributed by atoms with van der Waals surface area (Å²) in [7, 11) is 0. The second kappa shape index (κ2) is 6.19. The SMILES string of the molecule is CSC1CCCC(Nc2ccc(N)cc2C(=O)O)C1. The van der Waals surface area contributed by atoms with E-state index in [0.29, 0.717) is 22.7 Å². The van der Waals surface area contributed by atoms with E-state index in [4.69, 9.17) is 5.73 Å². The van der Waals surface area contributed by atoms with Gasteiger partial charge in [-0.25, -0.2) is 4.79 Å². The Labute approximate surface area is 117 Å².